The molecule has 1 unspecified atom stereocenters. The summed E-state index contributed by atoms with van der Waals surface area (Å²) in [4.78, 5) is 15.6. The van der Waals surface area contributed by atoms with Gasteiger partial charge in [0, 0.05) is 25.2 Å². The third-order valence-corrected chi connectivity index (χ3v) is 3.82. The number of hydrogen-bond donors (Lipinski definition) is 1. The number of likely N-dealkylation sites (N-methyl/N-ethyl adjacent to an activating group) is 1. The van der Waals surface area contributed by atoms with Crippen LogP contribution in [0.2, 0.25) is 0 Å². The topological polar surface area (TPSA) is 62.2 Å². The molecule has 134 valence electrons. The van der Waals surface area contributed by atoms with Crippen LogP contribution in [-0.2, 0) is 20.9 Å². The predicted molar refractivity (Wildman–Crippen MR) is 87.0 cm³/mol. The van der Waals surface area contributed by atoms with Crippen molar-refractivity contribution in [2.24, 2.45) is 0 Å². The van der Waals surface area contributed by atoms with E-state index >= 15 is 0 Å². The van der Waals surface area contributed by atoms with Gasteiger partial charge >= 0.3 is 0 Å². The largest absolute Gasteiger partial charge is 0.389 e. The Morgan fingerprint density at radius 3 is 2.83 bits per heavy atom. The summed E-state index contributed by atoms with van der Waals surface area (Å²) < 4.78 is 24.0. The van der Waals surface area contributed by atoms with Crippen molar-refractivity contribution in [3.05, 3.63) is 35.6 Å². The Morgan fingerprint density at radius 2 is 2.12 bits per heavy atom. The maximum atomic E-state index is 13.4. The highest BCUT2D eigenvalue weighted by Gasteiger charge is 2.19. The van der Waals surface area contributed by atoms with Gasteiger partial charge in [0.15, 0.2) is 0 Å². The number of hydrogen-bond acceptors (Lipinski definition) is 5. The maximum Gasteiger partial charge on any atom is 0.236 e. The minimum absolute atomic E-state index is 0.0280. The Labute approximate surface area is 141 Å². The fraction of sp³-hybridized carbons (Fsp3) is 0.588. The van der Waals surface area contributed by atoms with E-state index in [0.29, 0.717) is 38.4 Å². The molecule has 1 fully saturated rings. The van der Waals surface area contributed by atoms with Gasteiger partial charge in [-0.1, -0.05) is 18.2 Å². The molecule has 0 spiro atoms. The molecule has 0 aromatic heterocycles. The van der Waals surface area contributed by atoms with Crippen LogP contribution in [0.25, 0.3) is 0 Å². The van der Waals surface area contributed by atoms with Crippen LogP contribution in [-0.4, -0.2) is 80.0 Å². The highest BCUT2D eigenvalue weighted by Crippen LogP contribution is 2.08. The number of ether oxygens (including phenoxy) is 2. The number of benzene rings is 1. The number of amides is 1. The molecule has 24 heavy (non-hydrogen) atoms. The molecule has 0 bridgehead atoms. The molecular formula is C17H25FN2O4. The molecule has 1 heterocycles. The van der Waals surface area contributed by atoms with Crippen LogP contribution in [0.1, 0.15) is 5.56 Å². The summed E-state index contributed by atoms with van der Waals surface area (Å²) in [5, 5.41) is 9.98. The summed E-state index contributed by atoms with van der Waals surface area (Å²) in [6.45, 7) is 3.12. The quantitative estimate of drug-likeness (QED) is 0.746. The van der Waals surface area contributed by atoms with Crippen LogP contribution < -0.4 is 0 Å². The van der Waals surface area contributed by atoms with Gasteiger partial charge in [-0.15, -0.1) is 0 Å². The number of halogens is 1. The van der Waals surface area contributed by atoms with Gasteiger partial charge in [0.1, 0.15) is 5.82 Å². The summed E-state index contributed by atoms with van der Waals surface area (Å²) in [5.41, 5.74) is 0.459. The number of aliphatic hydroxyl groups excluding tert-OH is 1. The zero-order chi connectivity index (χ0) is 17.4. The molecule has 1 N–H and O–H groups in total. The van der Waals surface area contributed by atoms with Gasteiger partial charge in [0.2, 0.25) is 5.91 Å². The van der Waals surface area contributed by atoms with Gasteiger partial charge in [-0.2, -0.15) is 0 Å². The second-order valence-electron chi connectivity index (χ2n) is 5.95. The fourth-order valence-electron chi connectivity index (χ4n) is 2.54. The SMILES string of the molecule is CN(CC(=O)N1CCOCC1)CC(O)COCc1ccccc1F. The number of morpholine rings is 1. The lowest BCUT2D eigenvalue weighted by Gasteiger charge is -2.29. The van der Waals surface area contributed by atoms with E-state index in [0.717, 1.165) is 0 Å². The van der Waals surface area contributed by atoms with E-state index in [1.54, 1.807) is 35.0 Å². The normalized spacial score (nSPS) is 16.4. The summed E-state index contributed by atoms with van der Waals surface area (Å²) in [7, 11) is 1.78. The van der Waals surface area contributed by atoms with Crippen LogP contribution in [0, 0.1) is 5.82 Å². The number of aliphatic hydroxyl groups is 1. The zero-order valence-electron chi connectivity index (χ0n) is 14.0. The molecule has 0 saturated carbocycles. The van der Waals surface area contributed by atoms with Crippen molar-refractivity contribution in [1.29, 1.82) is 0 Å². The molecule has 2 rings (SSSR count). The Kier molecular flexibility index (Phi) is 7.58. The van der Waals surface area contributed by atoms with Crippen LogP contribution >= 0.6 is 0 Å². The first kappa shape index (κ1) is 18.8. The molecule has 1 aromatic rings. The Morgan fingerprint density at radius 1 is 1.42 bits per heavy atom. The molecule has 1 saturated heterocycles. The average Bonchev–Trinajstić information content (AvgIpc) is 2.57. The van der Waals surface area contributed by atoms with Crippen molar-refractivity contribution in [2.45, 2.75) is 12.7 Å². The molecule has 1 amide bonds. The maximum absolute atomic E-state index is 13.4. The number of carbonyl (C=O) groups excluding carboxylic acids is 1. The Hall–Kier alpha value is -1.54. The van der Waals surface area contributed by atoms with Gasteiger partial charge in [0.05, 0.1) is 39.1 Å². The fourth-order valence-corrected chi connectivity index (χ4v) is 2.54. The summed E-state index contributed by atoms with van der Waals surface area (Å²) in [6, 6.07) is 6.38. The van der Waals surface area contributed by atoms with Gasteiger partial charge in [-0.05, 0) is 13.1 Å². The Bertz CT molecular complexity index is 523. The van der Waals surface area contributed by atoms with E-state index in [1.165, 1.54) is 6.07 Å². The first-order valence-electron chi connectivity index (χ1n) is 8.09. The predicted octanol–water partition coefficient (Wildman–Crippen LogP) is 0.494. The minimum atomic E-state index is -0.737. The molecule has 0 aliphatic carbocycles. The highest BCUT2D eigenvalue weighted by molar-refractivity contribution is 5.78. The summed E-state index contributed by atoms with van der Waals surface area (Å²) in [5.74, 6) is -0.291. The van der Waals surface area contributed by atoms with E-state index in [9.17, 15) is 14.3 Å². The van der Waals surface area contributed by atoms with Crippen LogP contribution in [0.4, 0.5) is 4.39 Å². The third-order valence-electron chi connectivity index (χ3n) is 3.82. The second kappa shape index (κ2) is 9.68. The van der Waals surface area contributed by atoms with E-state index in [-0.39, 0.29) is 31.5 Å². The average molecular weight is 340 g/mol. The third kappa shape index (κ3) is 6.16. The first-order valence-corrected chi connectivity index (χ1v) is 8.09. The van der Waals surface area contributed by atoms with Crippen LogP contribution in [0.5, 0.6) is 0 Å². The van der Waals surface area contributed by atoms with E-state index in [2.05, 4.69) is 0 Å². The monoisotopic (exact) mass is 340 g/mol. The van der Waals surface area contributed by atoms with Gasteiger partial charge in [0.25, 0.3) is 0 Å². The number of rotatable bonds is 8. The van der Waals surface area contributed by atoms with E-state index < -0.39 is 6.10 Å². The summed E-state index contributed by atoms with van der Waals surface area (Å²) in [6.07, 6.45) is -0.737. The number of carbonyl (C=O) groups is 1. The molecule has 6 nitrogen and oxygen atoms in total. The highest BCUT2D eigenvalue weighted by atomic mass is 19.1. The van der Waals surface area contributed by atoms with Crippen molar-refractivity contribution < 1.29 is 23.8 Å². The van der Waals surface area contributed by atoms with E-state index in [1.807, 2.05) is 0 Å². The molecule has 0 radical (unpaired) electrons. The standard InChI is InChI=1S/C17H25FN2O4/c1-19(11-17(22)20-6-8-23-9-7-20)10-15(21)13-24-12-14-4-2-3-5-16(14)18/h2-5,15,21H,6-13H2,1H3. The van der Waals surface area contributed by atoms with Crippen molar-refractivity contribution in [2.75, 3.05) is 53.0 Å². The lowest BCUT2D eigenvalue weighted by molar-refractivity contribution is -0.136. The lowest BCUT2D eigenvalue weighted by atomic mass is 10.2. The number of nitrogens with zero attached hydrogens (tertiary/aromatic N) is 2. The van der Waals surface area contributed by atoms with E-state index in [4.69, 9.17) is 9.47 Å². The Balaban J connectivity index is 1.65. The van der Waals surface area contributed by atoms with Crippen LogP contribution in [0.3, 0.4) is 0 Å². The van der Waals surface area contributed by atoms with Crippen molar-refractivity contribution in [3.8, 4) is 0 Å². The smallest absolute Gasteiger partial charge is 0.236 e. The molecule has 1 aliphatic heterocycles. The molecule has 1 aromatic carbocycles. The van der Waals surface area contributed by atoms with Crippen molar-refractivity contribution >= 4 is 5.91 Å². The molecular weight excluding hydrogens is 315 g/mol. The first-order chi connectivity index (χ1) is 11.6. The second-order valence-corrected chi connectivity index (χ2v) is 5.95. The summed E-state index contributed by atoms with van der Waals surface area (Å²) >= 11 is 0. The lowest BCUT2D eigenvalue weighted by Crippen LogP contribution is -2.46. The minimum Gasteiger partial charge on any atom is -0.389 e. The van der Waals surface area contributed by atoms with Crippen LogP contribution in [0.15, 0.2) is 24.3 Å². The van der Waals surface area contributed by atoms with Crippen molar-refractivity contribution in [3.63, 3.8) is 0 Å². The molecule has 1 aliphatic rings. The zero-order valence-corrected chi connectivity index (χ0v) is 14.0. The van der Waals surface area contributed by atoms with Crippen molar-refractivity contribution in [1.82, 2.24) is 9.80 Å². The molecule has 1 atom stereocenters. The van der Waals surface area contributed by atoms with Gasteiger partial charge in [-0.25, -0.2) is 4.39 Å². The van der Waals surface area contributed by atoms with Gasteiger partial charge in [-0.3, -0.25) is 9.69 Å². The molecule has 7 heteroatoms. The van der Waals surface area contributed by atoms with Gasteiger partial charge < -0.3 is 19.5 Å².